The first-order valence-corrected chi connectivity index (χ1v) is 4.85. The van der Waals surface area contributed by atoms with Crippen molar-refractivity contribution in [1.82, 2.24) is 9.97 Å². The predicted molar refractivity (Wildman–Crippen MR) is 58.0 cm³/mol. The minimum atomic E-state index is -0.663. The molecule has 1 aromatic carbocycles. The molecule has 4 nitrogen and oxygen atoms in total. The van der Waals surface area contributed by atoms with E-state index < -0.39 is 5.95 Å². The molecule has 2 rings (SSSR count). The van der Waals surface area contributed by atoms with Crippen LogP contribution >= 0.6 is 0 Å². The zero-order valence-corrected chi connectivity index (χ0v) is 9.01. The van der Waals surface area contributed by atoms with E-state index in [1.165, 1.54) is 0 Å². The van der Waals surface area contributed by atoms with Gasteiger partial charge in [0.1, 0.15) is 12.1 Å². The lowest BCUT2D eigenvalue weighted by atomic mass is 10.1. The van der Waals surface area contributed by atoms with E-state index in [0.29, 0.717) is 11.3 Å². The highest BCUT2D eigenvalue weighted by Gasteiger charge is 2.05. The summed E-state index contributed by atoms with van der Waals surface area (Å²) in [6.45, 7) is 1.83. The van der Waals surface area contributed by atoms with E-state index in [2.05, 4.69) is 9.97 Å². The van der Waals surface area contributed by atoms with E-state index in [4.69, 9.17) is 10.00 Å². The standard InChI is InChI=1S/C12H8FN3O/c1-8-2-3-9(6-14)4-10(8)17-12-5-11(13)15-7-16-12/h2-5,7H,1H3. The van der Waals surface area contributed by atoms with Crippen molar-refractivity contribution < 1.29 is 9.13 Å². The van der Waals surface area contributed by atoms with E-state index in [0.717, 1.165) is 18.0 Å². The number of hydrogen-bond donors (Lipinski definition) is 0. The molecule has 0 atom stereocenters. The van der Waals surface area contributed by atoms with Gasteiger partial charge in [-0.25, -0.2) is 9.97 Å². The molecule has 2 aromatic rings. The maximum atomic E-state index is 12.8. The Morgan fingerprint density at radius 2 is 2.12 bits per heavy atom. The van der Waals surface area contributed by atoms with Gasteiger partial charge in [0.15, 0.2) is 0 Å². The van der Waals surface area contributed by atoms with Gasteiger partial charge >= 0.3 is 0 Å². The maximum Gasteiger partial charge on any atom is 0.225 e. The van der Waals surface area contributed by atoms with Crippen LogP contribution in [0, 0.1) is 24.2 Å². The Bertz CT molecular complexity index is 593. The molecule has 0 spiro atoms. The number of benzene rings is 1. The van der Waals surface area contributed by atoms with Crippen LogP contribution in [-0.2, 0) is 0 Å². The quantitative estimate of drug-likeness (QED) is 0.742. The van der Waals surface area contributed by atoms with E-state index in [-0.39, 0.29) is 5.88 Å². The Hall–Kier alpha value is -2.48. The molecule has 0 fully saturated rings. The van der Waals surface area contributed by atoms with Gasteiger partial charge in [-0.1, -0.05) is 6.07 Å². The van der Waals surface area contributed by atoms with E-state index in [1.54, 1.807) is 18.2 Å². The number of hydrogen-bond acceptors (Lipinski definition) is 4. The van der Waals surface area contributed by atoms with Crippen molar-refractivity contribution in [2.45, 2.75) is 6.92 Å². The Kier molecular flexibility index (Phi) is 2.97. The van der Waals surface area contributed by atoms with Crippen molar-refractivity contribution in [2.75, 3.05) is 0 Å². The molecule has 1 heterocycles. The zero-order valence-electron chi connectivity index (χ0n) is 9.01. The van der Waals surface area contributed by atoms with Gasteiger partial charge in [0.25, 0.3) is 0 Å². The second-order valence-corrected chi connectivity index (χ2v) is 3.37. The van der Waals surface area contributed by atoms with Crippen LogP contribution < -0.4 is 4.74 Å². The Labute approximate surface area is 97.3 Å². The summed E-state index contributed by atoms with van der Waals surface area (Å²) in [5, 5.41) is 8.77. The van der Waals surface area contributed by atoms with Crippen molar-refractivity contribution in [3.63, 3.8) is 0 Å². The molecule has 17 heavy (non-hydrogen) atoms. The van der Waals surface area contributed by atoms with E-state index in [1.807, 2.05) is 13.0 Å². The molecule has 0 saturated heterocycles. The fourth-order valence-electron chi connectivity index (χ4n) is 1.27. The maximum absolute atomic E-state index is 12.8. The molecule has 0 amide bonds. The van der Waals surface area contributed by atoms with Gasteiger partial charge in [-0.05, 0) is 24.6 Å². The van der Waals surface area contributed by atoms with Gasteiger partial charge in [-0.3, -0.25) is 0 Å². The smallest absolute Gasteiger partial charge is 0.225 e. The van der Waals surface area contributed by atoms with Crippen LogP contribution in [0.4, 0.5) is 4.39 Å². The highest BCUT2D eigenvalue weighted by atomic mass is 19.1. The van der Waals surface area contributed by atoms with Crippen LogP contribution in [0.1, 0.15) is 11.1 Å². The fraction of sp³-hybridized carbons (Fsp3) is 0.0833. The monoisotopic (exact) mass is 229 g/mol. The van der Waals surface area contributed by atoms with Gasteiger partial charge < -0.3 is 4.74 Å². The molecule has 0 saturated carbocycles. The third-order valence-corrected chi connectivity index (χ3v) is 2.14. The SMILES string of the molecule is Cc1ccc(C#N)cc1Oc1cc(F)ncn1. The normalized spacial score (nSPS) is 9.71. The first kappa shape index (κ1) is 11.0. The third-order valence-electron chi connectivity index (χ3n) is 2.14. The molecular weight excluding hydrogens is 221 g/mol. The third kappa shape index (κ3) is 2.55. The average molecular weight is 229 g/mol. The van der Waals surface area contributed by atoms with Crippen molar-refractivity contribution in [2.24, 2.45) is 0 Å². The van der Waals surface area contributed by atoms with Crippen LogP contribution in [0.2, 0.25) is 0 Å². The van der Waals surface area contributed by atoms with Crippen LogP contribution in [0.25, 0.3) is 0 Å². The first-order chi connectivity index (χ1) is 8.19. The summed E-state index contributed by atoms with van der Waals surface area (Å²) >= 11 is 0. The van der Waals surface area contributed by atoms with Gasteiger partial charge in [0.2, 0.25) is 11.8 Å². The van der Waals surface area contributed by atoms with E-state index >= 15 is 0 Å². The van der Waals surface area contributed by atoms with Crippen molar-refractivity contribution >= 4 is 0 Å². The summed E-state index contributed by atoms with van der Waals surface area (Å²) in [5.41, 5.74) is 1.31. The lowest BCUT2D eigenvalue weighted by Crippen LogP contribution is -1.93. The summed E-state index contributed by atoms with van der Waals surface area (Å²) < 4.78 is 18.2. The van der Waals surface area contributed by atoms with Gasteiger partial charge in [0, 0.05) is 0 Å². The molecule has 0 unspecified atom stereocenters. The largest absolute Gasteiger partial charge is 0.438 e. The number of nitriles is 1. The Morgan fingerprint density at radius 1 is 1.29 bits per heavy atom. The number of aryl methyl sites for hydroxylation is 1. The summed E-state index contributed by atoms with van der Waals surface area (Å²) in [6.07, 6.45) is 1.08. The number of halogens is 1. The van der Waals surface area contributed by atoms with Crippen LogP contribution in [-0.4, -0.2) is 9.97 Å². The number of rotatable bonds is 2. The molecule has 0 radical (unpaired) electrons. The van der Waals surface area contributed by atoms with Gasteiger partial charge in [0.05, 0.1) is 17.7 Å². The van der Waals surface area contributed by atoms with E-state index in [9.17, 15) is 4.39 Å². The lowest BCUT2D eigenvalue weighted by Gasteiger charge is -2.07. The van der Waals surface area contributed by atoms with Crippen LogP contribution in [0.5, 0.6) is 11.6 Å². The highest BCUT2D eigenvalue weighted by Crippen LogP contribution is 2.24. The summed E-state index contributed by atoms with van der Waals surface area (Å²) in [4.78, 5) is 7.10. The number of nitrogens with zero attached hydrogens (tertiary/aromatic N) is 3. The first-order valence-electron chi connectivity index (χ1n) is 4.85. The fourth-order valence-corrected chi connectivity index (χ4v) is 1.27. The zero-order chi connectivity index (χ0) is 12.3. The second-order valence-electron chi connectivity index (χ2n) is 3.37. The minimum absolute atomic E-state index is 0.107. The van der Waals surface area contributed by atoms with Gasteiger partial charge in [-0.15, -0.1) is 0 Å². The van der Waals surface area contributed by atoms with Crippen LogP contribution in [0.15, 0.2) is 30.6 Å². The van der Waals surface area contributed by atoms with Crippen LogP contribution in [0.3, 0.4) is 0 Å². The van der Waals surface area contributed by atoms with Crippen molar-refractivity contribution in [3.8, 4) is 17.7 Å². The van der Waals surface area contributed by atoms with Crippen molar-refractivity contribution in [1.29, 1.82) is 5.26 Å². The molecule has 0 aliphatic heterocycles. The minimum Gasteiger partial charge on any atom is -0.438 e. The van der Waals surface area contributed by atoms with Crippen molar-refractivity contribution in [3.05, 3.63) is 47.7 Å². The average Bonchev–Trinajstić information content (AvgIpc) is 2.32. The molecule has 0 aliphatic carbocycles. The predicted octanol–water partition coefficient (Wildman–Crippen LogP) is 2.59. The molecule has 0 bridgehead atoms. The lowest BCUT2D eigenvalue weighted by molar-refractivity contribution is 0.447. The second kappa shape index (κ2) is 4.58. The molecule has 1 aromatic heterocycles. The topological polar surface area (TPSA) is 58.8 Å². The summed E-state index contributed by atoms with van der Waals surface area (Å²) in [6, 6.07) is 8.10. The molecular formula is C12H8FN3O. The number of ether oxygens (including phenoxy) is 1. The molecule has 84 valence electrons. The summed E-state index contributed by atoms with van der Waals surface area (Å²) in [5.74, 6) is -0.0815. The Balaban J connectivity index is 2.33. The number of aromatic nitrogens is 2. The summed E-state index contributed by atoms with van der Waals surface area (Å²) in [7, 11) is 0. The molecule has 0 aliphatic rings. The van der Waals surface area contributed by atoms with Gasteiger partial charge in [-0.2, -0.15) is 9.65 Å². The molecule has 5 heteroatoms. The highest BCUT2D eigenvalue weighted by molar-refractivity contribution is 5.43. The Morgan fingerprint density at radius 3 is 2.82 bits per heavy atom. The molecule has 0 N–H and O–H groups in total.